The Morgan fingerprint density at radius 1 is 1.24 bits per heavy atom. The third-order valence-corrected chi connectivity index (χ3v) is 2.69. The molecular formula is C14H17NO2. The molecular weight excluding hydrogens is 214 g/mol. The van der Waals surface area contributed by atoms with E-state index in [1.807, 2.05) is 6.08 Å². The van der Waals surface area contributed by atoms with Crippen molar-refractivity contribution in [1.29, 1.82) is 0 Å². The molecule has 0 N–H and O–H groups in total. The van der Waals surface area contributed by atoms with Crippen LogP contribution in [0.3, 0.4) is 0 Å². The first-order valence-electron chi connectivity index (χ1n) is 5.54. The molecule has 0 aliphatic heterocycles. The van der Waals surface area contributed by atoms with E-state index in [2.05, 4.69) is 26.8 Å². The van der Waals surface area contributed by atoms with E-state index < -0.39 is 0 Å². The minimum atomic E-state index is -0.388. The molecule has 90 valence electrons. The van der Waals surface area contributed by atoms with Gasteiger partial charge in [0.05, 0.1) is 4.92 Å². The second kappa shape index (κ2) is 5.99. The Kier molecular flexibility index (Phi) is 4.64. The van der Waals surface area contributed by atoms with Crippen LogP contribution < -0.4 is 0 Å². The number of non-ortho nitro benzene ring substituents is 1. The molecule has 1 aromatic carbocycles. The van der Waals surface area contributed by atoms with Gasteiger partial charge in [0.2, 0.25) is 0 Å². The molecule has 0 unspecified atom stereocenters. The normalized spacial score (nSPS) is 10.5. The van der Waals surface area contributed by atoms with Crippen LogP contribution in [0.15, 0.2) is 41.5 Å². The van der Waals surface area contributed by atoms with E-state index in [1.54, 1.807) is 12.1 Å². The SMILES string of the molecule is CC(C)=C(C)C/C=C/c1ccc([N+](=O)[O-])cc1. The maximum absolute atomic E-state index is 10.5. The largest absolute Gasteiger partial charge is 0.269 e. The fourth-order valence-electron chi connectivity index (χ4n) is 1.28. The van der Waals surface area contributed by atoms with Crippen molar-refractivity contribution in [3.05, 3.63) is 57.2 Å². The molecule has 3 heteroatoms. The summed E-state index contributed by atoms with van der Waals surface area (Å²) in [5.74, 6) is 0. The monoisotopic (exact) mass is 231 g/mol. The smallest absolute Gasteiger partial charge is 0.258 e. The summed E-state index contributed by atoms with van der Waals surface area (Å²) < 4.78 is 0. The Morgan fingerprint density at radius 3 is 2.29 bits per heavy atom. The highest BCUT2D eigenvalue weighted by Gasteiger charge is 2.01. The molecule has 1 aromatic rings. The quantitative estimate of drug-likeness (QED) is 0.439. The third kappa shape index (κ3) is 4.23. The Bertz CT molecular complexity index is 452. The van der Waals surface area contributed by atoms with E-state index in [9.17, 15) is 10.1 Å². The summed E-state index contributed by atoms with van der Waals surface area (Å²) in [5, 5.41) is 10.5. The van der Waals surface area contributed by atoms with Crippen LogP contribution in [0.2, 0.25) is 0 Å². The van der Waals surface area contributed by atoms with Crippen LogP contribution in [0.5, 0.6) is 0 Å². The Hall–Kier alpha value is -1.90. The van der Waals surface area contributed by atoms with Crippen molar-refractivity contribution >= 4 is 11.8 Å². The van der Waals surface area contributed by atoms with Gasteiger partial charge >= 0.3 is 0 Å². The first-order chi connectivity index (χ1) is 8.00. The highest BCUT2D eigenvalue weighted by Crippen LogP contribution is 2.14. The van der Waals surface area contributed by atoms with Crippen LogP contribution >= 0.6 is 0 Å². The zero-order valence-corrected chi connectivity index (χ0v) is 10.4. The highest BCUT2D eigenvalue weighted by molar-refractivity contribution is 5.52. The van der Waals surface area contributed by atoms with E-state index >= 15 is 0 Å². The van der Waals surface area contributed by atoms with Crippen molar-refractivity contribution in [3.63, 3.8) is 0 Å². The zero-order valence-electron chi connectivity index (χ0n) is 10.4. The predicted molar refractivity (Wildman–Crippen MR) is 70.8 cm³/mol. The van der Waals surface area contributed by atoms with E-state index in [1.165, 1.54) is 23.3 Å². The van der Waals surface area contributed by atoms with Crippen LogP contribution in [-0.4, -0.2) is 4.92 Å². The van der Waals surface area contributed by atoms with Crippen LogP contribution in [-0.2, 0) is 0 Å². The Labute approximate surface area is 102 Å². The Balaban J connectivity index is 2.67. The number of nitro groups is 1. The lowest BCUT2D eigenvalue weighted by molar-refractivity contribution is -0.384. The van der Waals surface area contributed by atoms with Crippen molar-refractivity contribution in [2.75, 3.05) is 0 Å². The van der Waals surface area contributed by atoms with Gasteiger partial charge in [0.25, 0.3) is 5.69 Å². The molecule has 0 radical (unpaired) electrons. The van der Waals surface area contributed by atoms with E-state index in [0.29, 0.717) is 0 Å². The third-order valence-electron chi connectivity index (χ3n) is 2.69. The number of allylic oxidation sites excluding steroid dienone is 3. The fraction of sp³-hybridized carbons (Fsp3) is 0.286. The van der Waals surface area contributed by atoms with Crippen LogP contribution in [0.25, 0.3) is 6.08 Å². The van der Waals surface area contributed by atoms with E-state index in [0.717, 1.165) is 12.0 Å². The lowest BCUT2D eigenvalue weighted by atomic mass is 10.1. The summed E-state index contributed by atoms with van der Waals surface area (Å²) in [6, 6.07) is 6.56. The van der Waals surface area contributed by atoms with Crippen molar-refractivity contribution in [2.45, 2.75) is 27.2 Å². The fourth-order valence-corrected chi connectivity index (χ4v) is 1.28. The maximum Gasteiger partial charge on any atom is 0.269 e. The minimum absolute atomic E-state index is 0.127. The van der Waals surface area contributed by atoms with Crippen molar-refractivity contribution < 1.29 is 4.92 Å². The van der Waals surface area contributed by atoms with Gasteiger partial charge in [-0.3, -0.25) is 10.1 Å². The van der Waals surface area contributed by atoms with Gasteiger partial charge in [-0.15, -0.1) is 0 Å². The van der Waals surface area contributed by atoms with Gasteiger partial charge in [-0.25, -0.2) is 0 Å². The summed E-state index contributed by atoms with van der Waals surface area (Å²) in [5.41, 5.74) is 3.79. The summed E-state index contributed by atoms with van der Waals surface area (Å²) in [4.78, 5) is 10.1. The number of hydrogen-bond acceptors (Lipinski definition) is 2. The lowest BCUT2D eigenvalue weighted by Crippen LogP contribution is -1.86. The van der Waals surface area contributed by atoms with Gasteiger partial charge < -0.3 is 0 Å². The molecule has 0 amide bonds. The average Bonchev–Trinajstić information content (AvgIpc) is 2.29. The predicted octanol–water partition coefficient (Wildman–Crippen LogP) is 4.35. The van der Waals surface area contributed by atoms with E-state index in [-0.39, 0.29) is 10.6 Å². The summed E-state index contributed by atoms with van der Waals surface area (Å²) in [7, 11) is 0. The van der Waals surface area contributed by atoms with Gasteiger partial charge in [-0.05, 0) is 44.9 Å². The number of nitro benzene ring substituents is 1. The van der Waals surface area contributed by atoms with Gasteiger partial charge in [0.1, 0.15) is 0 Å². The summed E-state index contributed by atoms with van der Waals surface area (Å²) in [6.45, 7) is 6.29. The summed E-state index contributed by atoms with van der Waals surface area (Å²) >= 11 is 0. The number of hydrogen-bond donors (Lipinski definition) is 0. The molecule has 0 spiro atoms. The molecule has 0 aromatic heterocycles. The van der Waals surface area contributed by atoms with Gasteiger partial charge in [0.15, 0.2) is 0 Å². The molecule has 0 fully saturated rings. The molecule has 0 aliphatic rings. The number of nitrogens with zero attached hydrogens (tertiary/aromatic N) is 1. The first-order valence-corrected chi connectivity index (χ1v) is 5.54. The van der Waals surface area contributed by atoms with E-state index in [4.69, 9.17) is 0 Å². The zero-order chi connectivity index (χ0) is 12.8. The molecule has 0 atom stereocenters. The highest BCUT2D eigenvalue weighted by atomic mass is 16.6. The van der Waals surface area contributed by atoms with Crippen molar-refractivity contribution in [2.24, 2.45) is 0 Å². The van der Waals surface area contributed by atoms with Crippen LogP contribution in [0.1, 0.15) is 32.8 Å². The molecule has 1 rings (SSSR count). The standard InChI is InChI=1S/C14H17NO2/c1-11(2)12(3)5-4-6-13-7-9-14(10-8-13)15(16)17/h4,6-10H,5H2,1-3H3/b6-4+. The summed E-state index contributed by atoms with van der Waals surface area (Å²) in [6.07, 6.45) is 4.97. The number of rotatable bonds is 4. The molecule has 0 saturated heterocycles. The molecule has 0 bridgehead atoms. The minimum Gasteiger partial charge on any atom is -0.258 e. The molecule has 0 heterocycles. The Morgan fingerprint density at radius 2 is 1.82 bits per heavy atom. The molecule has 3 nitrogen and oxygen atoms in total. The first kappa shape index (κ1) is 13.2. The number of benzene rings is 1. The van der Waals surface area contributed by atoms with Gasteiger partial charge in [-0.1, -0.05) is 23.3 Å². The molecule has 0 aliphatic carbocycles. The average molecular weight is 231 g/mol. The lowest BCUT2D eigenvalue weighted by Gasteiger charge is -1.98. The molecule has 17 heavy (non-hydrogen) atoms. The van der Waals surface area contributed by atoms with Crippen LogP contribution in [0.4, 0.5) is 5.69 Å². The maximum atomic E-state index is 10.5. The second-order valence-corrected chi connectivity index (χ2v) is 4.24. The van der Waals surface area contributed by atoms with Crippen molar-refractivity contribution in [3.8, 4) is 0 Å². The van der Waals surface area contributed by atoms with Gasteiger partial charge in [0, 0.05) is 12.1 Å². The van der Waals surface area contributed by atoms with Crippen LogP contribution in [0, 0.1) is 10.1 Å². The second-order valence-electron chi connectivity index (χ2n) is 4.24. The van der Waals surface area contributed by atoms with Gasteiger partial charge in [-0.2, -0.15) is 0 Å². The van der Waals surface area contributed by atoms with Crippen molar-refractivity contribution in [1.82, 2.24) is 0 Å². The topological polar surface area (TPSA) is 43.1 Å². The molecule has 0 saturated carbocycles.